The number of carbonyl (C=O) groups excluding carboxylic acids is 1. The second-order valence-electron chi connectivity index (χ2n) is 9.05. The minimum absolute atomic E-state index is 0.0989. The van der Waals surface area contributed by atoms with Crippen LogP contribution >= 0.6 is 0 Å². The van der Waals surface area contributed by atoms with Gasteiger partial charge in [-0.3, -0.25) is 4.79 Å². The molecule has 0 aliphatic carbocycles. The van der Waals surface area contributed by atoms with Crippen molar-refractivity contribution in [3.63, 3.8) is 0 Å². The molecule has 0 aromatic heterocycles. The fourth-order valence-corrected chi connectivity index (χ4v) is 2.89. The molecule has 0 atom stereocenters. The maximum Gasteiger partial charge on any atom is 0.273 e. The molecule has 2 aromatic rings. The Bertz CT molecular complexity index is 868. The summed E-state index contributed by atoms with van der Waals surface area (Å²) in [5, 5.41) is 26.1. The van der Waals surface area contributed by atoms with Gasteiger partial charge in [0.25, 0.3) is 5.91 Å². The summed E-state index contributed by atoms with van der Waals surface area (Å²) in [5.41, 5.74) is 1.79. The molecule has 0 bridgehead atoms. The highest BCUT2D eigenvalue weighted by Gasteiger charge is 2.28. The summed E-state index contributed by atoms with van der Waals surface area (Å²) >= 11 is 0. The van der Waals surface area contributed by atoms with Crippen LogP contribution in [0.5, 0.6) is 11.5 Å². The molecule has 0 radical (unpaired) electrons. The Balaban J connectivity index is 2.45. The van der Waals surface area contributed by atoms with Crippen molar-refractivity contribution in [1.29, 1.82) is 0 Å². The maximum absolute atomic E-state index is 13.0. The Morgan fingerprint density at radius 1 is 0.964 bits per heavy atom. The molecule has 2 aromatic carbocycles. The minimum atomic E-state index is -0.321. The summed E-state index contributed by atoms with van der Waals surface area (Å²) in [6, 6.07) is 10.3. The number of aromatic hydroxyl groups is 2. The molecule has 2 N–H and O–H groups in total. The van der Waals surface area contributed by atoms with E-state index in [2.05, 4.69) is 5.10 Å². The van der Waals surface area contributed by atoms with E-state index in [0.29, 0.717) is 11.1 Å². The lowest BCUT2D eigenvalue weighted by Gasteiger charge is -2.28. The molecular formula is C23H30N2O3. The Kier molecular flexibility index (Phi) is 5.88. The number of carbonyl (C=O) groups is 1. The average Bonchev–Trinajstić information content (AvgIpc) is 2.58. The van der Waals surface area contributed by atoms with Crippen molar-refractivity contribution < 1.29 is 15.0 Å². The number of hydrogen-bond donors (Lipinski definition) is 2. The van der Waals surface area contributed by atoms with Crippen LogP contribution in [0.15, 0.2) is 41.5 Å². The van der Waals surface area contributed by atoms with Crippen LogP contribution in [0.2, 0.25) is 0 Å². The van der Waals surface area contributed by atoms with Gasteiger partial charge in [-0.1, -0.05) is 53.7 Å². The number of para-hydroxylation sites is 1. The van der Waals surface area contributed by atoms with Crippen LogP contribution in [0, 0.1) is 0 Å². The maximum atomic E-state index is 13.0. The van der Waals surface area contributed by atoms with Crippen molar-refractivity contribution in [3.05, 3.63) is 58.7 Å². The Hall–Kier alpha value is -2.82. The number of phenols is 2. The van der Waals surface area contributed by atoms with Gasteiger partial charge in [-0.05, 0) is 35.1 Å². The van der Waals surface area contributed by atoms with Gasteiger partial charge >= 0.3 is 0 Å². The van der Waals surface area contributed by atoms with Crippen molar-refractivity contribution in [2.45, 2.75) is 52.4 Å². The predicted octanol–water partition coefficient (Wildman–Crippen LogP) is 4.80. The van der Waals surface area contributed by atoms with Crippen LogP contribution < -0.4 is 0 Å². The van der Waals surface area contributed by atoms with E-state index < -0.39 is 0 Å². The lowest BCUT2D eigenvalue weighted by molar-refractivity contribution is 0.0800. The molecule has 0 aliphatic rings. The summed E-state index contributed by atoms with van der Waals surface area (Å²) in [6.07, 6.45) is 1.45. The summed E-state index contributed by atoms with van der Waals surface area (Å²) in [6.45, 7) is 12.0. The van der Waals surface area contributed by atoms with E-state index in [9.17, 15) is 15.0 Å². The van der Waals surface area contributed by atoms with Gasteiger partial charge in [0.1, 0.15) is 11.5 Å². The van der Waals surface area contributed by atoms with Gasteiger partial charge in [-0.25, -0.2) is 5.01 Å². The van der Waals surface area contributed by atoms with Gasteiger partial charge < -0.3 is 10.2 Å². The van der Waals surface area contributed by atoms with E-state index in [1.165, 1.54) is 11.2 Å². The first kappa shape index (κ1) is 21.5. The molecule has 0 unspecified atom stereocenters. The Labute approximate surface area is 167 Å². The van der Waals surface area contributed by atoms with Crippen LogP contribution in [0.25, 0.3) is 0 Å². The highest BCUT2D eigenvalue weighted by molar-refractivity contribution is 5.96. The van der Waals surface area contributed by atoms with Gasteiger partial charge in [0, 0.05) is 29.3 Å². The number of benzene rings is 2. The van der Waals surface area contributed by atoms with Gasteiger partial charge in [-0.15, -0.1) is 0 Å². The largest absolute Gasteiger partial charge is 0.507 e. The zero-order valence-corrected chi connectivity index (χ0v) is 17.7. The molecule has 28 heavy (non-hydrogen) atoms. The van der Waals surface area contributed by atoms with Crippen LogP contribution in [-0.2, 0) is 10.8 Å². The van der Waals surface area contributed by atoms with Crippen molar-refractivity contribution in [1.82, 2.24) is 5.01 Å². The van der Waals surface area contributed by atoms with Gasteiger partial charge in [0.05, 0.1) is 6.21 Å². The minimum Gasteiger partial charge on any atom is -0.507 e. The third kappa shape index (κ3) is 4.71. The van der Waals surface area contributed by atoms with E-state index in [1.54, 1.807) is 43.4 Å². The molecule has 0 saturated carbocycles. The average molecular weight is 383 g/mol. The number of phenolic OH excluding ortho intramolecular Hbond substituents is 2. The fraction of sp³-hybridized carbons (Fsp3) is 0.391. The first-order chi connectivity index (χ1) is 12.8. The van der Waals surface area contributed by atoms with Crippen molar-refractivity contribution in [2.24, 2.45) is 5.10 Å². The van der Waals surface area contributed by atoms with Gasteiger partial charge in [0.15, 0.2) is 0 Å². The van der Waals surface area contributed by atoms with E-state index in [-0.39, 0.29) is 28.2 Å². The van der Waals surface area contributed by atoms with Gasteiger partial charge in [-0.2, -0.15) is 5.10 Å². The second kappa shape index (κ2) is 7.66. The van der Waals surface area contributed by atoms with E-state index >= 15 is 0 Å². The van der Waals surface area contributed by atoms with E-state index in [4.69, 9.17) is 0 Å². The SMILES string of the molecule is CN(N=Cc1ccccc1O)C(=O)c1cc(C(C)(C)C)c(O)c(C(C)(C)C)c1. The van der Waals surface area contributed by atoms with Gasteiger partial charge in [0.2, 0.25) is 0 Å². The highest BCUT2D eigenvalue weighted by Crippen LogP contribution is 2.39. The number of rotatable bonds is 3. The van der Waals surface area contributed by atoms with Crippen LogP contribution in [0.3, 0.4) is 0 Å². The molecule has 150 valence electrons. The molecule has 0 aliphatic heterocycles. The van der Waals surface area contributed by atoms with E-state index in [0.717, 1.165) is 11.1 Å². The molecule has 1 amide bonds. The molecule has 0 saturated heterocycles. The zero-order valence-electron chi connectivity index (χ0n) is 17.7. The third-order valence-corrected chi connectivity index (χ3v) is 4.57. The Morgan fingerprint density at radius 2 is 1.46 bits per heavy atom. The lowest BCUT2D eigenvalue weighted by atomic mass is 9.78. The number of amides is 1. The standard InChI is InChI=1S/C23H30N2O3/c1-22(2,3)17-12-16(13-18(20(17)27)23(4,5)6)21(28)25(7)24-14-15-10-8-9-11-19(15)26/h8-14,26-27H,1-7H3. The van der Waals surface area contributed by atoms with Crippen molar-refractivity contribution >= 4 is 12.1 Å². The molecular weight excluding hydrogens is 352 g/mol. The molecule has 5 heteroatoms. The normalized spacial score (nSPS) is 12.4. The molecule has 0 heterocycles. The summed E-state index contributed by atoms with van der Waals surface area (Å²) in [5.74, 6) is 0.0429. The molecule has 0 spiro atoms. The van der Waals surface area contributed by atoms with Crippen LogP contribution in [0.4, 0.5) is 0 Å². The topological polar surface area (TPSA) is 73.1 Å². The number of hydrogen-bond acceptors (Lipinski definition) is 4. The molecule has 2 rings (SSSR count). The van der Waals surface area contributed by atoms with Crippen molar-refractivity contribution in [3.8, 4) is 11.5 Å². The zero-order chi connectivity index (χ0) is 21.3. The van der Waals surface area contributed by atoms with Crippen LogP contribution in [-0.4, -0.2) is 34.4 Å². The first-order valence-electron chi connectivity index (χ1n) is 9.30. The second-order valence-corrected chi connectivity index (χ2v) is 9.05. The third-order valence-electron chi connectivity index (χ3n) is 4.57. The Morgan fingerprint density at radius 3 is 1.93 bits per heavy atom. The molecule has 0 fully saturated rings. The first-order valence-corrected chi connectivity index (χ1v) is 9.30. The smallest absolute Gasteiger partial charge is 0.273 e. The summed E-state index contributed by atoms with van der Waals surface area (Å²) in [7, 11) is 1.57. The van der Waals surface area contributed by atoms with E-state index in [1.807, 2.05) is 41.5 Å². The quantitative estimate of drug-likeness (QED) is 0.592. The fourth-order valence-electron chi connectivity index (χ4n) is 2.89. The highest BCUT2D eigenvalue weighted by atomic mass is 16.3. The molecule has 5 nitrogen and oxygen atoms in total. The van der Waals surface area contributed by atoms with Crippen molar-refractivity contribution in [2.75, 3.05) is 7.05 Å². The number of nitrogens with zero attached hydrogens (tertiary/aromatic N) is 2. The number of hydrazone groups is 1. The predicted molar refractivity (Wildman–Crippen MR) is 113 cm³/mol. The monoisotopic (exact) mass is 382 g/mol. The summed E-state index contributed by atoms with van der Waals surface area (Å²) in [4.78, 5) is 13.0. The van der Waals surface area contributed by atoms with Crippen LogP contribution in [0.1, 0.15) is 68.6 Å². The lowest BCUT2D eigenvalue weighted by Crippen LogP contribution is -2.24. The summed E-state index contributed by atoms with van der Waals surface area (Å²) < 4.78 is 0.